The minimum atomic E-state index is -0.666. The van der Waals surface area contributed by atoms with E-state index in [2.05, 4.69) is 10.6 Å². The Labute approximate surface area is 139 Å². The van der Waals surface area contributed by atoms with Crippen molar-refractivity contribution in [3.8, 4) is 0 Å². The molecule has 1 aliphatic heterocycles. The Kier molecular flexibility index (Phi) is 4.46. The lowest BCUT2D eigenvalue weighted by Crippen LogP contribution is -2.29. The fourth-order valence-electron chi connectivity index (χ4n) is 2.71. The molecular formula is C18H18N2O4. The van der Waals surface area contributed by atoms with Gasteiger partial charge in [0.05, 0.1) is 0 Å². The maximum Gasteiger partial charge on any atom is 0.322 e. The Hall–Kier alpha value is -2.89. The molecular weight excluding hydrogens is 308 g/mol. The van der Waals surface area contributed by atoms with Crippen LogP contribution < -0.4 is 10.6 Å². The summed E-state index contributed by atoms with van der Waals surface area (Å²) < 4.78 is 5.42. The highest BCUT2D eigenvalue weighted by Gasteiger charge is 2.29. The van der Waals surface area contributed by atoms with Gasteiger partial charge in [-0.15, -0.1) is 0 Å². The first-order valence-electron chi connectivity index (χ1n) is 7.82. The predicted octanol–water partition coefficient (Wildman–Crippen LogP) is 2.43. The monoisotopic (exact) mass is 326 g/mol. The molecule has 0 spiro atoms. The molecule has 3 amide bonds. The smallest absolute Gasteiger partial charge is 0.322 e. The third kappa shape index (κ3) is 3.53. The first-order chi connectivity index (χ1) is 11.5. The molecule has 2 aromatic carbocycles. The van der Waals surface area contributed by atoms with E-state index in [1.165, 1.54) is 0 Å². The van der Waals surface area contributed by atoms with Gasteiger partial charge in [-0.3, -0.25) is 14.9 Å². The molecule has 2 atom stereocenters. The molecule has 1 fully saturated rings. The normalized spacial score (nSPS) is 18.1. The van der Waals surface area contributed by atoms with Gasteiger partial charge in [0.25, 0.3) is 5.91 Å². The van der Waals surface area contributed by atoms with E-state index in [1.54, 1.807) is 0 Å². The van der Waals surface area contributed by atoms with Gasteiger partial charge < -0.3 is 10.1 Å². The molecule has 3 rings (SSSR count). The Balaban J connectivity index is 1.57. The summed E-state index contributed by atoms with van der Waals surface area (Å²) >= 11 is 0. The summed E-state index contributed by atoms with van der Waals surface area (Å²) in [6.07, 6.45) is -0.0916. The van der Waals surface area contributed by atoms with Gasteiger partial charge in [0, 0.05) is 6.42 Å². The largest absolute Gasteiger partial charge is 0.458 e. The van der Waals surface area contributed by atoms with Gasteiger partial charge in [-0.1, -0.05) is 36.4 Å². The number of amides is 3. The van der Waals surface area contributed by atoms with Crippen LogP contribution in [-0.4, -0.2) is 23.9 Å². The molecule has 0 radical (unpaired) electrons. The number of imide groups is 1. The first kappa shape index (κ1) is 16.0. The second-order valence-corrected chi connectivity index (χ2v) is 5.79. The maximum absolute atomic E-state index is 12.0. The van der Waals surface area contributed by atoms with E-state index in [0.717, 1.165) is 16.3 Å². The number of ether oxygens (including phenoxy) is 1. The highest BCUT2D eigenvalue weighted by Crippen LogP contribution is 2.23. The summed E-state index contributed by atoms with van der Waals surface area (Å²) in [5.74, 6) is -0.806. The fraction of sp³-hybridized carbons (Fsp3) is 0.278. The third-order valence-electron chi connectivity index (χ3n) is 4.05. The molecule has 0 aromatic heterocycles. The number of hydrogen-bond acceptors (Lipinski definition) is 4. The van der Waals surface area contributed by atoms with Crippen LogP contribution in [0.3, 0.4) is 0 Å². The number of hydrogen-bond donors (Lipinski definition) is 2. The van der Waals surface area contributed by atoms with Crippen molar-refractivity contribution in [2.75, 3.05) is 0 Å². The quantitative estimate of drug-likeness (QED) is 0.653. The van der Waals surface area contributed by atoms with Crippen LogP contribution in [0.4, 0.5) is 4.79 Å². The van der Waals surface area contributed by atoms with Crippen molar-refractivity contribution in [2.45, 2.75) is 31.9 Å². The van der Waals surface area contributed by atoms with E-state index >= 15 is 0 Å². The molecule has 1 aliphatic rings. The molecule has 0 bridgehead atoms. The summed E-state index contributed by atoms with van der Waals surface area (Å²) in [5.41, 5.74) is 0.911. The van der Waals surface area contributed by atoms with Crippen molar-refractivity contribution < 1.29 is 19.1 Å². The lowest BCUT2D eigenvalue weighted by molar-refractivity contribution is -0.148. The minimum Gasteiger partial charge on any atom is -0.458 e. The molecule has 0 saturated carbocycles. The van der Waals surface area contributed by atoms with Crippen molar-refractivity contribution in [3.63, 3.8) is 0 Å². The molecule has 0 aliphatic carbocycles. The molecule has 6 heteroatoms. The minimum absolute atomic E-state index is 0.0658. The second-order valence-electron chi connectivity index (χ2n) is 5.79. The summed E-state index contributed by atoms with van der Waals surface area (Å²) in [5, 5.41) is 6.80. The number of nitrogens with one attached hydrogen (secondary N) is 2. The topological polar surface area (TPSA) is 84.5 Å². The number of esters is 1. The fourth-order valence-corrected chi connectivity index (χ4v) is 2.71. The Morgan fingerprint density at radius 1 is 1.17 bits per heavy atom. The van der Waals surface area contributed by atoms with Crippen molar-refractivity contribution in [1.82, 2.24) is 10.6 Å². The molecule has 2 unspecified atom stereocenters. The highest BCUT2D eigenvalue weighted by atomic mass is 16.5. The summed E-state index contributed by atoms with van der Waals surface area (Å²) in [7, 11) is 0. The summed E-state index contributed by atoms with van der Waals surface area (Å²) in [4.78, 5) is 34.4. The van der Waals surface area contributed by atoms with Gasteiger partial charge in [0.15, 0.2) is 0 Å². The number of urea groups is 1. The van der Waals surface area contributed by atoms with Gasteiger partial charge in [-0.05, 0) is 35.7 Å². The molecule has 2 N–H and O–H groups in total. The lowest BCUT2D eigenvalue weighted by Gasteiger charge is -2.15. The number of carbonyl (C=O) groups excluding carboxylic acids is 3. The van der Waals surface area contributed by atoms with Crippen LogP contribution in [0.1, 0.15) is 31.4 Å². The predicted molar refractivity (Wildman–Crippen MR) is 88.2 cm³/mol. The van der Waals surface area contributed by atoms with Crippen LogP contribution in [0.15, 0.2) is 42.5 Å². The van der Waals surface area contributed by atoms with Gasteiger partial charge in [-0.2, -0.15) is 0 Å². The zero-order chi connectivity index (χ0) is 17.1. The lowest BCUT2D eigenvalue weighted by atomic mass is 10.0. The number of carbonyl (C=O) groups is 3. The van der Waals surface area contributed by atoms with Gasteiger partial charge in [-0.25, -0.2) is 4.79 Å². The SMILES string of the molecule is CC(OC(=O)CCC1NC(=O)NC1=O)c1ccc2ccccc2c1. The molecule has 2 aromatic rings. The first-order valence-corrected chi connectivity index (χ1v) is 7.82. The highest BCUT2D eigenvalue weighted by molar-refractivity contribution is 6.04. The van der Waals surface area contributed by atoms with Crippen LogP contribution in [0.2, 0.25) is 0 Å². The Bertz CT molecular complexity index is 802. The van der Waals surface area contributed by atoms with Crippen LogP contribution >= 0.6 is 0 Å². The average molecular weight is 326 g/mol. The molecule has 24 heavy (non-hydrogen) atoms. The third-order valence-corrected chi connectivity index (χ3v) is 4.05. The molecule has 1 saturated heterocycles. The Morgan fingerprint density at radius 3 is 2.62 bits per heavy atom. The zero-order valence-corrected chi connectivity index (χ0v) is 13.2. The number of rotatable bonds is 5. The van der Waals surface area contributed by atoms with E-state index in [9.17, 15) is 14.4 Å². The van der Waals surface area contributed by atoms with Crippen molar-refractivity contribution in [2.24, 2.45) is 0 Å². The second kappa shape index (κ2) is 6.70. The van der Waals surface area contributed by atoms with Crippen LogP contribution in [0.25, 0.3) is 10.8 Å². The van der Waals surface area contributed by atoms with E-state index in [-0.39, 0.29) is 18.9 Å². The van der Waals surface area contributed by atoms with E-state index in [0.29, 0.717) is 0 Å². The van der Waals surface area contributed by atoms with E-state index in [1.807, 2.05) is 49.4 Å². The molecule has 1 heterocycles. The van der Waals surface area contributed by atoms with Gasteiger partial charge in [0.1, 0.15) is 12.1 Å². The maximum atomic E-state index is 12.0. The molecule has 6 nitrogen and oxygen atoms in total. The van der Waals surface area contributed by atoms with Crippen LogP contribution in [0.5, 0.6) is 0 Å². The van der Waals surface area contributed by atoms with E-state index < -0.39 is 23.9 Å². The summed E-state index contributed by atoms with van der Waals surface area (Å²) in [6.45, 7) is 1.81. The van der Waals surface area contributed by atoms with Gasteiger partial charge in [0.2, 0.25) is 0 Å². The standard InChI is InChI=1S/C18H18N2O4/c1-11(13-7-6-12-4-2-3-5-14(12)10-13)24-16(21)9-8-15-17(22)20-18(23)19-15/h2-7,10-11,15H,8-9H2,1H3,(H2,19,20,22,23). The average Bonchev–Trinajstić information content (AvgIpc) is 2.90. The number of benzene rings is 2. The summed E-state index contributed by atoms with van der Waals surface area (Å²) in [6, 6.07) is 12.7. The van der Waals surface area contributed by atoms with Crippen LogP contribution in [-0.2, 0) is 14.3 Å². The number of fused-ring (bicyclic) bond motifs is 1. The van der Waals surface area contributed by atoms with E-state index in [4.69, 9.17) is 4.74 Å². The van der Waals surface area contributed by atoms with Crippen molar-refractivity contribution >= 4 is 28.7 Å². The molecule has 124 valence electrons. The van der Waals surface area contributed by atoms with Crippen LogP contribution in [0, 0.1) is 0 Å². The zero-order valence-electron chi connectivity index (χ0n) is 13.2. The van der Waals surface area contributed by atoms with Gasteiger partial charge >= 0.3 is 12.0 Å². The Morgan fingerprint density at radius 2 is 1.92 bits per heavy atom. The van der Waals surface area contributed by atoms with Crippen molar-refractivity contribution in [1.29, 1.82) is 0 Å². The van der Waals surface area contributed by atoms with Crippen molar-refractivity contribution in [3.05, 3.63) is 48.0 Å².